The van der Waals surface area contributed by atoms with Crippen molar-refractivity contribution in [1.29, 1.82) is 0 Å². The molecule has 1 N–H and O–H groups in total. The van der Waals surface area contributed by atoms with E-state index in [-0.39, 0.29) is 0 Å². The molecular weight excluding hydrogens is 322 g/mol. The fraction of sp³-hybridized carbons (Fsp3) is 0.625. The van der Waals surface area contributed by atoms with E-state index >= 15 is 0 Å². The molecule has 1 nitrogen and oxygen atoms in total. The van der Waals surface area contributed by atoms with Crippen molar-refractivity contribution in [1.82, 2.24) is 0 Å². The first-order valence-electron chi connectivity index (χ1n) is 7.39. The minimum absolute atomic E-state index is 0.628. The first-order chi connectivity index (χ1) is 9.17. The van der Waals surface area contributed by atoms with Crippen molar-refractivity contribution in [2.75, 3.05) is 5.32 Å². The van der Waals surface area contributed by atoms with Crippen LogP contribution in [0.1, 0.15) is 51.4 Å². The van der Waals surface area contributed by atoms with E-state index in [1.165, 1.54) is 57.1 Å². The molecule has 0 aromatic heterocycles. The SMILES string of the molecule is Clc1ccc(NC2CCC3(CCCC3)CC2)c(Br)c1. The third kappa shape index (κ3) is 3.11. The Bertz CT molecular complexity index is 444. The summed E-state index contributed by atoms with van der Waals surface area (Å²) in [5, 5.41) is 4.46. The zero-order valence-electron chi connectivity index (χ0n) is 11.2. The van der Waals surface area contributed by atoms with Gasteiger partial charge in [0, 0.05) is 21.2 Å². The molecule has 1 aromatic carbocycles. The fourth-order valence-electron chi connectivity index (χ4n) is 3.83. The van der Waals surface area contributed by atoms with Crippen LogP contribution in [0.5, 0.6) is 0 Å². The monoisotopic (exact) mass is 341 g/mol. The predicted molar refractivity (Wildman–Crippen MR) is 85.9 cm³/mol. The Morgan fingerprint density at radius 2 is 1.79 bits per heavy atom. The molecule has 0 aliphatic heterocycles. The Morgan fingerprint density at radius 1 is 1.11 bits per heavy atom. The Balaban J connectivity index is 1.60. The highest BCUT2D eigenvalue weighted by Gasteiger charge is 2.37. The van der Waals surface area contributed by atoms with E-state index in [0.717, 1.165) is 14.9 Å². The standard InChI is InChI=1S/C16H21BrClN/c17-14-11-12(18)3-4-15(14)19-13-5-9-16(10-6-13)7-1-2-8-16/h3-4,11,13,19H,1-2,5-10H2. The first kappa shape index (κ1) is 13.8. The van der Waals surface area contributed by atoms with Crippen LogP contribution in [-0.2, 0) is 0 Å². The second-order valence-electron chi connectivity index (χ2n) is 6.25. The van der Waals surface area contributed by atoms with Gasteiger partial charge in [0.15, 0.2) is 0 Å². The van der Waals surface area contributed by atoms with E-state index < -0.39 is 0 Å². The number of hydrogen-bond acceptors (Lipinski definition) is 1. The third-order valence-electron chi connectivity index (χ3n) is 5.00. The van der Waals surface area contributed by atoms with Gasteiger partial charge in [0.05, 0.1) is 0 Å². The van der Waals surface area contributed by atoms with E-state index in [1.807, 2.05) is 12.1 Å². The predicted octanol–water partition coefficient (Wildman–Crippen LogP) is 6.02. The molecule has 2 aliphatic carbocycles. The van der Waals surface area contributed by atoms with E-state index in [1.54, 1.807) is 0 Å². The van der Waals surface area contributed by atoms with Gasteiger partial charge in [-0.25, -0.2) is 0 Å². The molecule has 19 heavy (non-hydrogen) atoms. The van der Waals surface area contributed by atoms with Gasteiger partial charge in [0.2, 0.25) is 0 Å². The zero-order valence-corrected chi connectivity index (χ0v) is 13.6. The summed E-state index contributed by atoms with van der Waals surface area (Å²) in [5.41, 5.74) is 1.90. The topological polar surface area (TPSA) is 12.0 Å². The summed E-state index contributed by atoms with van der Waals surface area (Å²) in [6, 6.07) is 6.62. The largest absolute Gasteiger partial charge is 0.381 e. The molecule has 3 rings (SSSR count). The lowest BCUT2D eigenvalue weighted by molar-refractivity contribution is 0.188. The highest BCUT2D eigenvalue weighted by atomic mass is 79.9. The van der Waals surface area contributed by atoms with Crippen molar-refractivity contribution < 1.29 is 0 Å². The van der Waals surface area contributed by atoms with Gasteiger partial charge in [-0.3, -0.25) is 0 Å². The van der Waals surface area contributed by atoms with Gasteiger partial charge >= 0.3 is 0 Å². The lowest BCUT2D eigenvalue weighted by Gasteiger charge is -2.38. The maximum absolute atomic E-state index is 5.98. The van der Waals surface area contributed by atoms with Crippen molar-refractivity contribution in [3.63, 3.8) is 0 Å². The lowest BCUT2D eigenvalue weighted by Crippen LogP contribution is -2.31. The number of halogens is 2. The second kappa shape index (κ2) is 5.65. The zero-order chi connectivity index (χ0) is 13.3. The minimum Gasteiger partial charge on any atom is -0.381 e. The molecule has 0 saturated heterocycles. The molecular formula is C16H21BrClN. The van der Waals surface area contributed by atoms with Crippen molar-refractivity contribution in [3.05, 3.63) is 27.7 Å². The van der Waals surface area contributed by atoms with Crippen LogP contribution < -0.4 is 5.32 Å². The van der Waals surface area contributed by atoms with Gasteiger partial charge in [-0.2, -0.15) is 0 Å². The molecule has 0 heterocycles. The highest BCUT2D eigenvalue weighted by molar-refractivity contribution is 9.10. The third-order valence-corrected chi connectivity index (χ3v) is 5.89. The first-order valence-corrected chi connectivity index (χ1v) is 8.56. The lowest BCUT2D eigenvalue weighted by atomic mass is 9.71. The van der Waals surface area contributed by atoms with Gasteiger partial charge in [-0.05, 0) is 78.1 Å². The molecule has 104 valence electrons. The molecule has 0 bridgehead atoms. The summed E-state index contributed by atoms with van der Waals surface area (Å²) >= 11 is 9.57. The fourth-order valence-corrected chi connectivity index (χ4v) is 4.62. The molecule has 1 aromatic rings. The molecule has 3 heteroatoms. The van der Waals surface area contributed by atoms with Crippen LogP contribution in [-0.4, -0.2) is 6.04 Å². The van der Waals surface area contributed by atoms with Gasteiger partial charge in [0.1, 0.15) is 0 Å². The highest BCUT2D eigenvalue weighted by Crippen LogP contribution is 2.49. The summed E-state index contributed by atoms with van der Waals surface area (Å²) < 4.78 is 1.07. The second-order valence-corrected chi connectivity index (χ2v) is 7.54. The molecule has 2 saturated carbocycles. The number of hydrogen-bond donors (Lipinski definition) is 1. The molecule has 0 unspecified atom stereocenters. The van der Waals surface area contributed by atoms with Crippen LogP contribution in [0.4, 0.5) is 5.69 Å². The number of rotatable bonds is 2. The van der Waals surface area contributed by atoms with Crippen molar-refractivity contribution in [2.24, 2.45) is 5.41 Å². The van der Waals surface area contributed by atoms with Crippen LogP contribution in [0.15, 0.2) is 22.7 Å². The summed E-state index contributed by atoms with van der Waals surface area (Å²) in [6.45, 7) is 0. The summed E-state index contributed by atoms with van der Waals surface area (Å²) in [7, 11) is 0. The smallest absolute Gasteiger partial charge is 0.0487 e. The number of benzene rings is 1. The normalized spacial score (nSPS) is 22.8. The molecule has 2 fully saturated rings. The van der Waals surface area contributed by atoms with E-state index in [4.69, 9.17) is 11.6 Å². The van der Waals surface area contributed by atoms with Gasteiger partial charge in [-0.1, -0.05) is 24.4 Å². The number of nitrogens with one attached hydrogen (secondary N) is 1. The van der Waals surface area contributed by atoms with E-state index in [0.29, 0.717) is 6.04 Å². The van der Waals surface area contributed by atoms with E-state index in [2.05, 4.69) is 27.3 Å². The average Bonchev–Trinajstić information content (AvgIpc) is 2.84. The Hall–Kier alpha value is -0.210. The van der Waals surface area contributed by atoms with E-state index in [9.17, 15) is 0 Å². The summed E-state index contributed by atoms with van der Waals surface area (Å²) in [5.74, 6) is 0. The number of anilines is 1. The molecule has 0 atom stereocenters. The van der Waals surface area contributed by atoms with Crippen LogP contribution in [0.25, 0.3) is 0 Å². The Morgan fingerprint density at radius 3 is 2.42 bits per heavy atom. The Labute approximate surface area is 129 Å². The Kier molecular flexibility index (Phi) is 4.09. The molecule has 0 radical (unpaired) electrons. The minimum atomic E-state index is 0.628. The molecule has 1 spiro atoms. The molecule has 0 amide bonds. The maximum atomic E-state index is 5.98. The van der Waals surface area contributed by atoms with Crippen molar-refractivity contribution >= 4 is 33.2 Å². The van der Waals surface area contributed by atoms with Crippen LogP contribution >= 0.6 is 27.5 Å². The van der Waals surface area contributed by atoms with Crippen molar-refractivity contribution in [2.45, 2.75) is 57.4 Å². The maximum Gasteiger partial charge on any atom is 0.0487 e. The van der Waals surface area contributed by atoms with Gasteiger partial charge in [-0.15, -0.1) is 0 Å². The summed E-state index contributed by atoms with van der Waals surface area (Å²) in [4.78, 5) is 0. The van der Waals surface area contributed by atoms with Gasteiger partial charge in [0.25, 0.3) is 0 Å². The summed E-state index contributed by atoms with van der Waals surface area (Å²) in [6.07, 6.45) is 11.3. The van der Waals surface area contributed by atoms with Gasteiger partial charge < -0.3 is 5.32 Å². The van der Waals surface area contributed by atoms with Crippen LogP contribution in [0.3, 0.4) is 0 Å². The quantitative estimate of drug-likeness (QED) is 0.693. The average molecular weight is 343 g/mol. The van der Waals surface area contributed by atoms with Crippen molar-refractivity contribution in [3.8, 4) is 0 Å². The van der Waals surface area contributed by atoms with Crippen LogP contribution in [0.2, 0.25) is 5.02 Å². The molecule has 2 aliphatic rings. The van der Waals surface area contributed by atoms with Crippen LogP contribution in [0, 0.1) is 5.41 Å².